The first kappa shape index (κ1) is 12.3. The van der Waals surface area contributed by atoms with Crippen LogP contribution in [-0.4, -0.2) is 18.3 Å². The molecule has 0 aromatic heterocycles. The summed E-state index contributed by atoms with van der Waals surface area (Å²) in [5.41, 5.74) is 6.41. The molecular weight excluding hydrogens is 258 g/mol. The van der Waals surface area contributed by atoms with Crippen molar-refractivity contribution in [1.29, 1.82) is 0 Å². The fraction of sp³-hybridized carbons (Fsp3) is 0.455. The van der Waals surface area contributed by atoms with Crippen molar-refractivity contribution >= 4 is 21.6 Å². The molecule has 1 aromatic carbocycles. The third kappa shape index (κ3) is 4.53. The van der Waals surface area contributed by atoms with E-state index in [0.717, 1.165) is 29.5 Å². The third-order valence-corrected chi connectivity index (χ3v) is 2.53. The van der Waals surface area contributed by atoms with Crippen molar-refractivity contribution in [2.45, 2.75) is 19.3 Å². The van der Waals surface area contributed by atoms with Crippen LogP contribution in [0.4, 0.5) is 5.69 Å². The molecule has 0 atom stereocenters. The molecule has 0 unspecified atom stereocenters. The van der Waals surface area contributed by atoms with Gasteiger partial charge in [-0.3, -0.25) is 0 Å². The highest BCUT2D eigenvalue weighted by Gasteiger charge is 2.00. The van der Waals surface area contributed by atoms with Gasteiger partial charge < -0.3 is 15.6 Å². The Labute approximate surface area is 98.4 Å². The predicted octanol–water partition coefficient (Wildman–Crippen LogP) is 2.57. The first-order valence-electron chi connectivity index (χ1n) is 5.02. The Morgan fingerprint density at radius 2 is 2.07 bits per heavy atom. The van der Waals surface area contributed by atoms with Gasteiger partial charge in [0.25, 0.3) is 0 Å². The Bertz CT molecular complexity index is 305. The van der Waals surface area contributed by atoms with Crippen molar-refractivity contribution in [2.75, 3.05) is 18.9 Å². The fourth-order valence-electron chi connectivity index (χ4n) is 1.22. The minimum absolute atomic E-state index is 0.250. The summed E-state index contributed by atoms with van der Waals surface area (Å²) < 4.78 is 6.46. The van der Waals surface area contributed by atoms with Crippen LogP contribution in [0, 0.1) is 0 Å². The average molecular weight is 274 g/mol. The molecule has 0 saturated heterocycles. The topological polar surface area (TPSA) is 55.5 Å². The maximum atomic E-state index is 8.59. The van der Waals surface area contributed by atoms with Crippen molar-refractivity contribution in [3.63, 3.8) is 0 Å². The molecule has 0 aliphatic rings. The van der Waals surface area contributed by atoms with Crippen LogP contribution in [0.1, 0.15) is 19.3 Å². The summed E-state index contributed by atoms with van der Waals surface area (Å²) in [5.74, 6) is 0.724. The van der Waals surface area contributed by atoms with Gasteiger partial charge in [0.2, 0.25) is 0 Å². The van der Waals surface area contributed by atoms with E-state index in [2.05, 4.69) is 15.9 Å². The van der Waals surface area contributed by atoms with Gasteiger partial charge >= 0.3 is 0 Å². The minimum Gasteiger partial charge on any atom is -0.491 e. The van der Waals surface area contributed by atoms with Crippen LogP contribution in [0.3, 0.4) is 0 Å². The van der Waals surface area contributed by atoms with Crippen molar-refractivity contribution in [3.05, 3.63) is 22.7 Å². The molecule has 1 aromatic rings. The Balaban J connectivity index is 2.31. The molecule has 0 radical (unpaired) electrons. The zero-order valence-electron chi connectivity index (χ0n) is 8.58. The first-order valence-corrected chi connectivity index (χ1v) is 5.82. The first-order chi connectivity index (χ1) is 7.24. The van der Waals surface area contributed by atoms with E-state index in [0.29, 0.717) is 12.3 Å². The van der Waals surface area contributed by atoms with Gasteiger partial charge in [-0.1, -0.05) is 15.9 Å². The van der Waals surface area contributed by atoms with Crippen LogP contribution in [0.25, 0.3) is 0 Å². The normalized spacial score (nSPS) is 10.3. The third-order valence-electron chi connectivity index (χ3n) is 2.03. The number of aliphatic hydroxyl groups is 1. The van der Waals surface area contributed by atoms with E-state index in [-0.39, 0.29) is 6.61 Å². The quantitative estimate of drug-likeness (QED) is 0.619. The van der Waals surface area contributed by atoms with Crippen LogP contribution in [0.15, 0.2) is 22.7 Å². The predicted molar refractivity (Wildman–Crippen MR) is 65.0 cm³/mol. The van der Waals surface area contributed by atoms with Crippen molar-refractivity contribution in [3.8, 4) is 5.75 Å². The average Bonchev–Trinajstić information content (AvgIpc) is 2.20. The van der Waals surface area contributed by atoms with Gasteiger partial charge in [-0.05, 0) is 37.5 Å². The summed E-state index contributed by atoms with van der Waals surface area (Å²) in [4.78, 5) is 0. The van der Waals surface area contributed by atoms with Gasteiger partial charge in [0.1, 0.15) is 5.75 Å². The number of anilines is 1. The van der Waals surface area contributed by atoms with E-state index in [9.17, 15) is 0 Å². The SMILES string of the molecule is Nc1cc(Br)ccc1OCCCCCO. The molecule has 3 nitrogen and oxygen atoms in total. The van der Waals surface area contributed by atoms with E-state index in [1.165, 1.54) is 0 Å². The number of rotatable bonds is 6. The second-order valence-electron chi connectivity index (χ2n) is 3.31. The Morgan fingerprint density at radius 3 is 2.73 bits per heavy atom. The number of nitrogens with two attached hydrogens (primary N) is 1. The lowest BCUT2D eigenvalue weighted by atomic mass is 10.2. The summed E-state index contributed by atoms with van der Waals surface area (Å²) in [6, 6.07) is 5.58. The minimum atomic E-state index is 0.250. The zero-order chi connectivity index (χ0) is 11.1. The maximum Gasteiger partial charge on any atom is 0.142 e. The number of hydrogen-bond acceptors (Lipinski definition) is 3. The van der Waals surface area contributed by atoms with Crippen molar-refractivity contribution < 1.29 is 9.84 Å². The number of ether oxygens (including phenoxy) is 1. The molecule has 0 fully saturated rings. The molecule has 15 heavy (non-hydrogen) atoms. The van der Waals surface area contributed by atoms with Crippen molar-refractivity contribution in [2.24, 2.45) is 0 Å². The lowest BCUT2D eigenvalue weighted by molar-refractivity contribution is 0.266. The highest BCUT2D eigenvalue weighted by Crippen LogP contribution is 2.25. The Morgan fingerprint density at radius 1 is 1.27 bits per heavy atom. The van der Waals surface area contributed by atoms with E-state index in [1.54, 1.807) is 0 Å². The zero-order valence-corrected chi connectivity index (χ0v) is 10.2. The molecular formula is C11H16BrNO2. The number of unbranched alkanes of at least 4 members (excludes halogenated alkanes) is 2. The monoisotopic (exact) mass is 273 g/mol. The Kier molecular flexibility index (Phi) is 5.50. The van der Waals surface area contributed by atoms with E-state index >= 15 is 0 Å². The molecule has 3 N–H and O–H groups in total. The lowest BCUT2D eigenvalue weighted by Crippen LogP contribution is -2.00. The van der Waals surface area contributed by atoms with Crippen LogP contribution >= 0.6 is 15.9 Å². The van der Waals surface area contributed by atoms with Crippen LogP contribution in [0.5, 0.6) is 5.75 Å². The number of hydrogen-bond donors (Lipinski definition) is 2. The molecule has 0 amide bonds. The number of benzene rings is 1. The highest BCUT2D eigenvalue weighted by atomic mass is 79.9. The van der Waals surface area contributed by atoms with Gasteiger partial charge in [0, 0.05) is 11.1 Å². The maximum absolute atomic E-state index is 8.59. The molecule has 1 rings (SSSR count). The van der Waals surface area contributed by atoms with Crippen LogP contribution in [-0.2, 0) is 0 Å². The van der Waals surface area contributed by atoms with E-state index < -0.39 is 0 Å². The van der Waals surface area contributed by atoms with Gasteiger partial charge in [0.05, 0.1) is 12.3 Å². The van der Waals surface area contributed by atoms with Crippen LogP contribution in [0.2, 0.25) is 0 Å². The van der Waals surface area contributed by atoms with Crippen LogP contribution < -0.4 is 10.5 Å². The number of nitrogen functional groups attached to an aromatic ring is 1. The molecule has 84 valence electrons. The van der Waals surface area contributed by atoms with E-state index in [4.69, 9.17) is 15.6 Å². The highest BCUT2D eigenvalue weighted by molar-refractivity contribution is 9.10. The summed E-state index contributed by atoms with van der Waals surface area (Å²) in [6.07, 6.45) is 2.75. The Hall–Kier alpha value is -0.740. The summed E-state index contributed by atoms with van der Waals surface area (Å²) in [5, 5.41) is 8.59. The van der Waals surface area contributed by atoms with Gasteiger partial charge in [-0.25, -0.2) is 0 Å². The van der Waals surface area contributed by atoms with Gasteiger partial charge in [0.15, 0.2) is 0 Å². The number of aliphatic hydroxyl groups excluding tert-OH is 1. The number of halogens is 1. The lowest BCUT2D eigenvalue weighted by Gasteiger charge is -2.08. The molecule has 0 saturated carbocycles. The smallest absolute Gasteiger partial charge is 0.142 e. The second kappa shape index (κ2) is 6.69. The molecule has 0 bridgehead atoms. The van der Waals surface area contributed by atoms with Gasteiger partial charge in [-0.15, -0.1) is 0 Å². The molecule has 0 aliphatic heterocycles. The van der Waals surface area contributed by atoms with Gasteiger partial charge in [-0.2, -0.15) is 0 Å². The molecule has 4 heteroatoms. The van der Waals surface area contributed by atoms with Crippen molar-refractivity contribution in [1.82, 2.24) is 0 Å². The standard InChI is InChI=1S/C11H16BrNO2/c12-9-4-5-11(10(13)8-9)15-7-3-1-2-6-14/h4-5,8,14H,1-3,6-7,13H2. The summed E-state index contributed by atoms with van der Waals surface area (Å²) >= 11 is 3.34. The van der Waals surface area contributed by atoms with E-state index in [1.807, 2.05) is 18.2 Å². The fourth-order valence-corrected chi connectivity index (χ4v) is 1.60. The molecule has 0 aliphatic carbocycles. The molecule has 0 heterocycles. The largest absolute Gasteiger partial charge is 0.491 e. The summed E-state index contributed by atoms with van der Waals surface area (Å²) in [7, 11) is 0. The summed E-state index contributed by atoms with van der Waals surface area (Å²) in [6.45, 7) is 0.895. The second-order valence-corrected chi connectivity index (χ2v) is 4.23. The molecule has 0 spiro atoms.